The molecule has 170 valence electrons. The van der Waals surface area contributed by atoms with Gasteiger partial charge < -0.3 is 4.74 Å². The lowest BCUT2D eigenvalue weighted by molar-refractivity contribution is 0.0567. The van der Waals surface area contributed by atoms with Crippen molar-refractivity contribution in [3.63, 3.8) is 0 Å². The van der Waals surface area contributed by atoms with E-state index in [9.17, 15) is 0 Å². The van der Waals surface area contributed by atoms with Crippen molar-refractivity contribution in [1.82, 2.24) is 15.1 Å². The van der Waals surface area contributed by atoms with E-state index in [0.717, 1.165) is 48.3 Å². The molecule has 2 heterocycles. The van der Waals surface area contributed by atoms with Crippen molar-refractivity contribution in [1.29, 1.82) is 0 Å². The van der Waals surface area contributed by atoms with Gasteiger partial charge >= 0.3 is 0 Å². The Bertz CT molecular complexity index is 1050. The first-order valence-corrected chi connectivity index (χ1v) is 12.1. The molecule has 4 rings (SSSR count). The van der Waals surface area contributed by atoms with Gasteiger partial charge in [0, 0.05) is 51.6 Å². The molecular weight excluding hydrogens is 465 g/mol. The van der Waals surface area contributed by atoms with Gasteiger partial charge in [-0.05, 0) is 42.5 Å². The van der Waals surface area contributed by atoms with Gasteiger partial charge in [0.1, 0.15) is 0 Å². The Morgan fingerprint density at radius 1 is 1.06 bits per heavy atom. The summed E-state index contributed by atoms with van der Waals surface area (Å²) in [6.07, 6.45) is 2.54. The van der Waals surface area contributed by atoms with Gasteiger partial charge in [0.05, 0.1) is 18.3 Å². The standard InChI is InChI=1S/C25H28Cl3N3O/c1-4-21-24(22(5-2)30-29-21)25(23-19(27)11-17(26)12-20(23)28)31-13-16-9-7-6-8-15(16)10-18(31)14-32-3/h6-9,11-12,18,25H,4-5,10,13-14H2,1-3H3,(H,29,30). The first-order valence-electron chi connectivity index (χ1n) is 11.0. The number of rotatable bonds is 7. The number of hydrogen-bond donors (Lipinski definition) is 1. The number of aromatic nitrogens is 2. The van der Waals surface area contributed by atoms with Gasteiger partial charge in [-0.2, -0.15) is 5.10 Å². The number of hydrogen-bond acceptors (Lipinski definition) is 3. The van der Waals surface area contributed by atoms with Crippen LogP contribution in [0.2, 0.25) is 15.1 Å². The van der Waals surface area contributed by atoms with E-state index in [4.69, 9.17) is 39.5 Å². The second-order valence-electron chi connectivity index (χ2n) is 8.21. The van der Waals surface area contributed by atoms with Gasteiger partial charge in [0.25, 0.3) is 0 Å². The molecule has 2 atom stereocenters. The third kappa shape index (κ3) is 4.44. The van der Waals surface area contributed by atoms with Crippen LogP contribution >= 0.6 is 34.8 Å². The fourth-order valence-corrected chi connectivity index (χ4v) is 5.86. The van der Waals surface area contributed by atoms with Crippen LogP contribution in [0.3, 0.4) is 0 Å². The minimum Gasteiger partial charge on any atom is -0.383 e. The van der Waals surface area contributed by atoms with Crippen molar-refractivity contribution in [3.8, 4) is 0 Å². The first kappa shape index (κ1) is 23.6. The van der Waals surface area contributed by atoms with E-state index in [1.807, 2.05) is 0 Å². The lowest BCUT2D eigenvalue weighted by Crippen LogP contribution is -2.46. The Hall–Kier alpha value is -1.56. The van der Waals surface area contributed by atoms with Crippen molar-refractivity contribution in [2.45, 2.75) is 51.7 Å². The number of nitrogens with one attached hydrogen (secondary N) is 1. The molecule has 0 fully saturated rings. The number of aromatic amines is 1. The van der Waals surface area contributed by atoms with E-state index in [0.29, 0.717) is 21.7 Å². The average molecular weight is 493 g/mol. The van der Waals surface area contributed by atoms with Gasteiger partial charge in [-0.3, -0.25) is 10.00 Å². The maximum Gasteiger partial charge on any atom is 0.0674 e. The van der Waals surface area contributed by atoms with Gasteiger partial charge in [-0.25, -0.2) is 0 Å². The van der Waals surface area contributed by atoms with E-state index in [1.54, 1.807) is 19.2 Å². The van der Waals surface area contributed by atoms with E-state index < -0.39 is 0 Å². The molecule has 1 aromatic heterocycles. The van der Waals surface area contributed by atoms with Crippen LogP contribution < -0.4 is 0 Å². The fourth-order valence-electron chi connectivity index (χ4n) is 4.84. The quantitative estimate of drug-likeness (QED) is 0.401. The molecule has 1 aliphatic rings. The molecule has 0 aliphatic carbocycles. The maximum atomic E-state index is 6.82. The number of H-pyrrole nitrogens is 1. The third-order valence-electron chi connectivity index (χ3n) is 6.33. The molecule has 32 heavy (non-hydrogen) atoms. The van der Waals surface area contributed by atoms with Crippen LogP contribution in [-0.4, -0.2) is 34.9 Å². The molecule has 1 N–H and O–H groups in total. The molecule has 2 aromatic carbocycles. The lowest BCUT2D eigenvalue weighted by atomic mass is 9.87. The summed E-state index contributed by atoms with van der Waals surface area (Å²) in [6.45, 7) is 5.63. The second-order valence-corrected chi connectivity index (χ2v) is 9.46. The highest BCUT2D eigenvalue weighted by Gasteiger charge is 2.38. The summed E-state index contributed by atoms with van der Waals surface area (Å²) in [7, 11) is 1.75. The normalized spacial score (nSPS) is 17.4. The van der Waals surface area contributed by atoms with Gasteiger partial charge in [0.15, 0.2) is 0 Å². The highest BCUT2D eigenvalue weighted by Crippen LogP contribution is 2.44. The Morgan fingerprint density at radius 3 is 2.38 bits per heavy atom. The van der Waals surface area contributed by atoms with Gasteiger partial charge in [-0.15, -0.1) is 0 Å². The molecule has 0 saturated carbocycles. The van der Waals surface area contributed by atoms with Crippen molar-refractivity contribution in [2.75, 3.05) is 13.7 Å². The molecule has 0 saturated heterocycles. The summed E-state index contributed by atoms with van der Waals surface area (Å²) in [6, 6.07) is 12.1. The third-order valence-corrected chi connectivity index (χ3v) is 7.17. The Balaban J connectivity index is 1.95. The molecule has 0 amide bonds. The summed E-state index contributed by atoms with van der Waals surface area (Å²) in [5.74, 6) is 0. The van der Waals surface area contributed by atoms with E-state index in [1.165, 1.54) is 11.1 Å². The predicted octanol–water partition coefficient (Wildman–Crippen LogP) is 6.66. The van der Waals surface area contributed by atoms with Crippen LogP contribution in [0.25, 0.3) is 0 Å². The topological polar surface area (TPSA) is 41.2 Å². The SMILES string of the molecule is CCc1n[nH]c(CC)c1C(c1c(Cl)cc(Cl)cc1Cl)N1Cc2ccccc2CC1COC. The molecule has 7 heteroatoms. The molecule has 0 spiro atoms. The zero-order chi connectivity index (χ0) is 22.8. The molecule has 4 nitrogen and oxygen atoms in total. The first-order chi connectivity index (χ1) is 15.5. The highest BCUT2D eigenvalue weighted by atomic mass is 35.5. The summed E-state index contributed by atoms with van der Waals surface area (Å²) in [4.78, 5) is 2.47. The highest BCUT2D eigenvalue weighted by molar-refractivity contribution is 6.39. The monoisotopic (exact) mass is 491 g/mol. The zero-order valence-corrected chi connectivity index (χ0v) is 20.9. The average Bonchev–Trinajstić information content (AvgIpc) is 3.18. The minimum absolute atomic E-state index is 0.159. The largest absolute Gasteiger partial charge is 0.383 e. The second kappa shape index (κ2) is 10.1. The Morgan fingerprint density at radius 2 is 1.75 bits per heavy atom. The molecule has 3 aromatic rings. The van der Waals surface area contributed by atoms with Crippen molar-refractivity contribution >= 4 is 34.8 Å². The van der Waals surface area contributed by atoms with Gasteiger partial charge in [-0.1, -0.05) is 72.9 Å². The van der Waals surface area contributed by atoms with Crippen LogP contribution in [-0.2, 0) is 30.5 Å². The molecule has 1 aliphatic heterocycles. The fraction of sp³-hybridized carbons (Fsp3) is 0.400. The summed E-state index contributed by atoms with van der Waals surface area (Å²) in [5.41, 5.74) is 6.82. The number of nitrogens with zero attached hydrogens (tertiary/aromatic N) is 2. The zero-order valence-electron chi connectivity index (χ0n) is 18.6. The van der Waals surface area contributed by atoms with Crippen molar-refractivity contribution < 1.29 is 4.74 Å². The lowest BCUT2D eigenvalue weighted by Gasteiger charge is -2.43. The Labute approximate surface area is 204 Å². The van der Waals surface area contributed by atoms with Crippen LogP contribution in [0, 0.1) is 0 Å². The number of aryl methyl sites for hydroxylation is 2. The molecular formula is C25H28Cl3N3O. The number of fused-ring (bicyclic) bond motifs is 1. The van der Waals surface area contributed by atoms with E-state index in [2.05, 4.69) is 53.2 Å². The number of benzene rings is 2. The maximum absolute atomic E-state index is 6.82. The van der Waals surface area contributed by atoms with Crippen LogP contribution in [0.15, 0.2) is 36.4 Å². The van der Waals surface area contributed by atoms with Crippen LogP contribution in [0.1, 0.15) is 53.5 Å². The van der Waals surface area contributed by atoms with E-state index in [-0.39, 0.29) is 12.1 Å². The smallest absolute Gasteiger partial charge is 0.0674 e. The molecule has 0 radical (unpaired) electrons. The van der Waals surface area contributed by atoms with Crippen molar-refractivity contribution in [3.05, 3.63) is 85.1 Å². The number of methoxy groups -OCH3 is 1. The number of halogens is 3. The predicted molar refractivity (Wildman–Crippen MR) is 132 cm³/mol. The van der Waals surface area contributed by atoms with Crippen LogP contribution in [0.5, 0.6) is 0 Å². The van der Waals surface area contributed by atoms with Gasteiger partial charge in [0.2, 0.25) is 0 Å². The summed E-state index contributed by atoms with van der Waals surface area (Å²) < 4.78 is 5.67. The Kier molecular flexibility index (Phi) is 7.48. The summed E-state index contributed by atoms with van der Waals surface area (Å²) >= 11 is 19.9. The molecule has 2 unspecified atom stereocenters. The van der Waals surface area contributed by atoms with Crippen molar-refractivity contribution in [2.24, 2.45) is 0 Å². The summed E-state index contributed by atoms with van der Waals surface area (Å²) in [5, 5.41) is 9.56. The molecule has 0 bridgehead atoms. The van der Waals surface area contributed by atoms with Crippen LogP contribution in [0.4, 0.5) is 0 Å². The van der Waals surface area contributed by atoms with E-state index >= 15 is 0 Å². The number of ether oxygens (including phenoxy) is 1. The minimum atomic E-state index is -0.176.